The van der Waals surface area contributed by atoms with Crippen molar-refractivity contribution in [3.8, 4) is 5.75 Å². The van der Waals surface area contributed by atoms with Crippen molar-refractivity contribution in [2.24, 2.45) is 0 Å². The Bertz CT molecular complexity index is 750. The minimum atomic E-state index is -4.43. The molecule has 140 valence electrons. The van der Waals surface area contributed by atoms with Gasteiger partial charge in [0, 0.05) is 18.7 Å². The number of hydrogen-bond donors (Lipinski definition) is 1. The lowest BCUT2D eigenvalue weighted by Gasteiger charge is -2.29. The van der Waals surface area contributed by atoms with Crippen LogP contribution in [0.1, 0.15) is 29.5 Å². The fraction of sp³-hybridized carbons (Fsp3) is 0.444. The summed E-state index contributed by atoms with van der Waals surface area (Å²) >= 11 is 0. The smallest absolute Gasteiger partial charge is 0.416 e. The van der Waals surface area contributed by atoms with Gasteiger partial charge in [0.25, 0.3) is 0 Å². The third kappa shape index (κ3) is 4.24. The highest BCUT2D eigenvalue weighted by molar-refractivity contribution is 5.37. The number of aliphatic hydroxyl groups is 1. The Labute approximate surface area is 149 Å². The SMILES string of the molecule is Cc1cccc(C(F)(F)F)c1COc1cnc(N2CCC[C@@H](O)C2)nc1. The summed E-state index contributed by atoms with van der Waals surface area (Å²) in [5.74, 6) is 0.769. The summed E-state index contributed by atoms with van der Waals surface area (Å²) in [5, 5.41) is 9.71. The fourth-order valence-electron chi connectivity index (χ4n) is 3.00. The van der Waals surface area contributed by atoms with E-state index in [-0.39, 0.29) is 12.2 Å². The number of aliphatic hydroxyl groups excluding tert-OH is 1. The van der Waals surface area contributed by atoms with Crippen LogP contribution in [0, 0.1) is 6.92 Å². The van der Waals surface area contributed by atoms with Gasteiger partial charge in [-0.25, -0.2) is 9.97 Å². The van der Waals surface area contributed by atoms with Crippen LogP contribution in [-0.4, -0.2) is 34.3 Å². The van der Waals surface area contributed by atoms with Crippen LogP contribution in [0.5, 0.6) is 5.75 Å². The molecule has 1 fully saturated rings. The van der Waals surface area contributed by atoms with Gasteiger partial charge < -0.3 is 14.7 Å². The Morgan fingerprint density at radius 1 is 1.27 bits per heavy atom. The van der Waals surface area contributed by atoms with E-state index in [1.54, 1.807) is 13.0 Å². The maximum Gasteiger partial charge on any atom is 0.416 e. The number of halogens is 3. The Morgan fingerprint density at radius 2 is 2.00 bits per heavy atom. The van der Waals surface area contributed by atoms with Crippen LogP contribution < -0.4 is 9.64 Å². The first-order valence-corrected chi connectivity index (χ1v) is 8.38. The van der Waals surface area contributed by atoms with E-state index in [0.717, 1.165) is 25.5 Å². The second kappa shape index (κ2) is 7.49. The molecular weight excluding hydrogens is 347 g/mol. The number of ether oxygens (including phenoxy) is 1. The van der Waals surface area contributed by atoms with Crippen molar-refractivity contribution < 1.29 is 23.0 Å². The monoisotopic (exact) mass is 367 g/mol. The average Bonchev–Trinajstić information content (AvgIpc) is 2.60. The normalized spacial score (nSPS) is 18.0. The number of piperidine rings is 1. The van der Waals surface area contributed by atoms with Gasteiger partial charge in [-0.1, -0.05) is 12.1 Å². The molecule has 0 unspecified atom stereocenters. The van der Waals surface area contributed by atoms with E-state index >= 15 is 0 Å². The lowest BCUT2D eigenvalue weighted by molar-refractivity contribution is -0.138. The fourth-order valence-corrected chi connectivity index (χ4v) is 3.00. The van der Waals surface area contributed by atoms with Crippen molar-refractivity contribution >= 4 is 5.95 Å². The molecule has 0 saturated carbocycles. The number of alkyl halides is 3. The molecule has 1 aliphatic rings. The quantitative estimate of drug-likeness (QED) is 0.898. The molecule has 1 aliphatic heterocycles. The zero-order valence-electron chi connectivity index (χ0n) is 14.3. The van der Waals surface area contributed by atoms with E-state index < -0.39 is 17.8 Å². The summed E-state index contributed by atoms with van der Waals surface area (Å²) in [6.45, 7) is 2.63. The zero-order chi connectivity index (χ0) is 18.7. The number of nitrogens with zero attached hydrogens (tertiary/aromatic N) is 3. The van der Waals surface area contributed by atoms with Crippen LogP contribution in [0.25, 0.3) is 0 Å². The van der Waals surface area contributed by atoms with Gasteiger partial charge in [-0.2, -0.15) is 13.2 Å². The van der Waals surface area contributed by atoms with Crippen LogP contribution in [0.4, 0.5) is 19.1 Å². The third-order valence-electron chi connectivity index (χ3n) is 4.39. The number of benzene rings is 1. The van der Waals surface area contributed by atoms with E-state index in [0.29, 0.717) is 23.8 Å². The van der Waals surface area contributed by atoms with Gasteiger partial charge in [-0.3, -0.25) is 0 Å². The van der Waals surface area contributed by atoms with E-state index in [4.69, 9.17) is 4.74 Å². The van der Waals surface area contributed by atoms with E-state index in [1.807, 2.05) is 4.90 Å². The Morgan fingerprint density at radius 3 is 2.65 bits per heavy atom. The van der Waals surface area contributed by atoms with Crippen LogP contribution in [0.2, 0.25) is 0 Å². The standard InChI is InChI=1S/C18H20F3N3O2/c1-12-4-2-6-16(18(19,20)21)15(12)11-26-14-8-22-17(23-9-14)24-7-3-5-13(25)10-24/h2,4,6,8-9,13,25H,3,5,7,10-11H2,1H3/t13-/m1/s1. The molecule has 5 nitrogen and oxygen atoms in total. The highest BCUT2D eigenvalue weighted by Crippen LogP contribution is 2.33. The highest BCUT2D eigenvalue weighted by atomic mass is 19.4. The molecule has 0 aliphatic carbocycles. The van der Waals surface area contributed by atoms with Crippen molar-refractivity contribution in [3.05, 3.63) is 47.3 Å². The molecule has 1 aromatic heterocycles. The number of β-amino-alcohol motifs (C(OH)–C–C–N with tert-alkyl or cyclic N) is 1. The van der Waals surface area contributed by atoms with Crippen molar-refractivity contribution in [2.45, 2.75) is 38.7 Å². The van der Waals surface area contributed by atoms with Gasteiger partial charge in [-0.15, -0.1) is 0 Å². The number of rotatable bonds is 4. The van der Waals surface area contributed by atoms with Crippen molar-refractivity contribution in [3.63, 3.8) is 0 Å². The van der Waals surface area contributed by atoms with E-state index in [1.165, 1.54) is 18.5 Å². The molecule has 1 N–H and O–H groups in total. The number of hydrogen-bond acceptors (Lipinski definition) is 5. The lowest BCUT2D eigenvalue weighted by atomic mass is 10.0. The minimum absolute atomic E-state index is 0.100. The molecule has 2 heterocycles. The molecule has 2 aromatic rings. The summed E-state index contributed by atoms with van der Waals surface area (Å²) in [4.78, 5) is 10.3. The predicted molar refractivity (Wildman–Crippen MR) is 90.0 cm³/mol. The van der Waals surface area contributed by atoms with Crippen molar-refractivity contribution in [2.75, 3.05) is 18.0 Å². The predicted octanol–water partition coefficient (Wildman–Crippen LogP) is 3.34. The second-order valence-electron chi connectivity index (χ2n) is 6.35. The van der Waals surface area contributed by atoms with E-state index in [2.05, 4.69) is 9.97 Å². The summed E-state index contributed by atoms with van der Waals surface area (Å²) < 4.78 is 44.9. The van der Waals surface area contributed by atoms with E-state index in [9.17, 15) is 18.3 Å². The molecule has 26 heavy (non-hydrogen) atoms. The van der Waals surface area contributed by atoms with Gasteiger partial charge in [0.1, 0.15) is 6.61 Å². The first kappa shape index (κ1) is 18.4. The second-order valence-corrected chi connectivity index (χ2v) is 6.35. The summed E-state index contributed by atoms with van der Waals surface area (Å²) in [5.41, 5.74) is -0.0831. The molecule has 0 spiro atoms. The molecule has 0 radical (unpaired) electrons. The Hall–Kier alpha value is -2.35. The van der Waals surface area contributed by atoms with Gasteiger partial charge in [0.2, 0.25) is 5.95 Å². The number of aromatic nitrogens is 2. The molecule has 3 rings (SSSR count). The molecule has 0 amide bonds. The Kier molecular flexibility index (Phi) is 5.31. The summed E-state index contributed by atoms with van der Waals surface area (Å²) in [6, 6.07) is 4.05. The summed E-state index contributed by atoms with van der Waals surface area (Å²) in [7, 11) is 0. The van der Waals surface area contributed by atoms with Gasteiger partial charge in [-0.05, 0) is 31.4 Å². The maximum absolute atomic E-state index is 13.1. The Balaban J connectivity index is 1.69. The molecule has 0 bridgehead atoms. The van der Waals surface area contributed by atoms with Crippen molar-refractivity contribution in [1.29, 1.82) is 0 Å². The van der Waals surface area contributed by atoms with Crippen LogP contribution in [0.15, 0.2) is 30.6 Å². The first-order chi connectivity index (χ1) is 12.3. The van der Waals surface area contributed by atoms with Gasteiger partial charge in [0.05, 0.1) is 24.1 Å². The molecule has 1 saturated heterocycles. The molecule has 8 heteroatoms. The molecule has 1 atom stereocenters. The summed E-state index contributed by atoms with van der Waals surface area (Å²) in [6.07, 6.45) is -0.333. The van der Waals surface area contributed by atoms with Gasteiger partial charge >= 0.3 is 6.18 Å². The highest BCUT2D eigenvalue weighted by Gasteiger charge is 2.33. The largest absolute Gasteiger partial charge is 0.486 e. The van der Waals surface area contributed by atoms with Crippen LogP contribution in [-0.2, 0) is 12.8 Å². The van der Waals surface area contributed by atoms with Crippen molar-refractivity contribution in [1.82, 2.24) is 9.97 Å². The molecular formula is C18H20F3N3O2. The minimum Gasteiger partial charge on any atom is -0.486 e. The lowest BCUT2D eigenvalue weighted by Crippen LogP contribution is -2.39. The maximum atomic E-state index is 13.1. The first-order valence-electron chi connectivity index (χ1n) is 8.38. The average molecular weight is 367 g/mol. The third-order valence-corrected chi connectivity index (χ3v) is 4.39. The van der Waals surface area contributed by atoms with Crippen LogP contribution in [0.3, 0.4) is 0 Å². The number of aryl methyl sites for hydroxylation is 1. The number of anilines is 1. The zero-order valence-corrected chi connectivity index (χ0v) is 14.3. The topological polar surface area (TPSA) is 58.5 Å². The molecule has 1 aromatic carbocycles. The van der Waals surface area contributed by atoms with Gasteiger partial charge in [0.15, 0.2) is 5.75 Å². The van der Waals surface area contributed by atoms with Crippen LogP contribution >= 0.6 is 0 Å².